The molecule has 0 rings (SSSR count). The van der Waals surface area contributed by atoms with E-state index in [0.717, 1.165) is 0 Å². The van der Waals surface area contributed by atoms with Gasteiger partial charge in [-0.2, -0.15) is 0 Å². The van der Waals surface area contributed by atoms with E-state index < -0.39 is 0 Å². The SMILES string of the molecule is C#CCNC(=O)CN(CC)CC(=O)NC(C)C. The molecule has 0 aliphatic carbocycles. The summed E-state index contributed by atoms with van der Waals surface area (Å²) in [7, 11) is 0. The molecular formula is C12H21N3O2. The predicted octanol–water partition coefficient (Wildman–Crippen LogP) is -0.418. The van der Waals surface area contributed by atoms with E-state index in [-0.39, 0.29) is 37.5 Å². The summed E-state index contributed by atoms with van der Waals surface area (Å²) in [5, 5.41) is 5.34. The summed E-state index contributed by atoms with van der Waals surface area (Å²) in [6, 6.07) is 0.108. The molecule has 0 aromatic heterocycles. The minimum atomic E-state index is -0.165. The van der Waals surface area contributed by atoms with Crippen molar-refractivity contribution in [1.29, 1.82) is 0 Å². The lowest BCUT2D eigenvalue weighted by atomic mass is 10.3. The van der Waals surface area contributed by atoms with E-state index in [9.17, 15) is 9.59 Å². The van der Waals surface area contributed by atoms with E-state index >= 15 is 0 Å². The Bertz CT molecular complexity index is 295. The van der Waals surface area contributed by atoms with Crippen molar-refractivity contribution in [2.45, 2.75) is 26.8 Å². The van der Waals surface area contributed by atoms with Crippen molar-refractivity contribution < 1.29 is 9.59 Å². The van der Waals surface area contributed by atoms with Gasteiger partial charge in [-0.25, -0.2) is 0 Å². The zero-order chi connectivity index (χ0) is 13.3. The molecule has 0 saturated heterocycles. The van der Waals surface area contributed by atoms with Crippen molar-refractivity contribution in [2.24, 2.45) is 0 Å². The molecule has 5 heteroatoms. The lowest BCUT2D eigenvalue weighted by Gasteiger charge is -2.19. The van der Waals surface area contributed by atoms with Gasteiger partial charge in [-0.15, -0.1) is 6.42 Å². The number of hydrogen-bond acceptors (Lipinski definition) is 3. The maximum atomic E-state index is 11.5. The van der Waals surface area contributed by atoms with Crippen LogP contribution < -0.4 is 10.6 Å². The lowest BCUT2D eigenvalue weighted by Crippen LogP contribution is -2.44. The van der Waals surface area contributed by atoms with Crippen LogP contribution in [0, 0.1) is 12.3 Å². The first kappa shape index (κ1) is 15.5. The van der Waals surface area contributed by atoms with Crippen molar-refractivity contribution in [3.8, 4) is 12.3 Å². The van der Waals surface area contributed by atoms with E-state index in [0.29, 0.717) is 6.54 Å². The summed E-state index contributed by atoms with van der Waals surface area (Å²) in [5.74, 6) is 2.09. The third kappa shape index (κ3) is 8.29. The Balaban J connectivity index is 4.03. The molecule has 0 aromatic carbocycles. The standard InChI is InChI=1S/C12H21N3O2/c1-5-7-13-11(16)8-15(6-2)9-12(17)14-10(3)4/h1,10H,6-9H2,2-4H3,(H,13,16)(H,14,17). The third-order valence-corrected chi connectivity index (χ3v) is 2.02. The first-order valence-corrected chi connectivity index (χ1v) is 5.71. The van der Waals surface area contributed by atoms with Gasteiger partial charge in [0.15, 0.2) is 0 Å². The Morgan fingerprint density at radius 1 is 1.29 bits per heavy atom. The number of hydrogen-bond donors (Lipinski definition) is 2. The van der Waals surface area contributed by atoms with Crippen molar-refractivity contribution >= 4 is 11.8 Å². The number of nitrogens with zero attached hydrogens (tertiary/aromatic N) is 1. The maximum absolute atomic E-state index is 11.5. The van der Waals surface area contributed by atoms with Crippen LogP contribution in [0.15, 0.2) is 0 Å². The lowest BCUT2D eigenvalue weighted by molar-refractivity contribution is -0.125. The van der Waals surface area contributed by atoms with Crippen LogP contribution in [-0.4, -0.2) is 48.9 Å². The highest BCUT2D eigenvalue weighted by Gasteiger charge is 2.12. The minimum absolute atomic E-state index is 0.0772. The summed E-state index contributed by atoms with van der Waals surface area (Å²) in [6.45, 7) is 6.95. The zero-order valence-electron chi connectivity index (χ0n) is 10.7. The van der Waals surface area contributed by atoms with Gasteiger partial charge in [0.25, 0.3) is 0 Å². The second kappa shape index (κ2) is 8.59. The molecule has 0 atom stereocenters. The van der Waals surface area contributed by atoms with Crippen LogP contribution in [0.25, 0.3) is 0 Å². The fraction of sp³-hybridized carbons (Fsp3) is 0.667. The summed E-state index contributed by atoms with van der Waals surface area (Å²) in [6.07, 6.45) is 5.03. The predicted molar refractivity (Wildman–Crippen MR) is 67.2 cm³/mol. The Labute approximate surface area is 103 Å². The van der Waals surface area contributed by atoms with E-state index in [4.69, 9.17) is 6.42 Å². The van der Waals surface area contributed by atoms with Gasteiger partial charge in [-0.1, -0.05) is 12.8 Å². The molecule has 5 nitrogen and oxygen atoms in total. The second-order valence-electron chi connectivity index (χ2n) is 4.01. The van der Waals surface area contributed by atoms with E-state index in [2.05, 4.69) is 16.6 Å². The number of rotatable bonds is 7. The Morgan fingerprint density at radius 3 is 2.35 bits per heavy atom. The Morgan fingerprint density at radius 2 is 1.88 bits per heavy atom. The molecule has 2 amide bonds. The van der Waals surface area contributed by atoms with Gasteiger partial charge < -0.3 is 10.6 Å². The number of likely N-dealkylation sites (N-methyl/N-ethyl adjacent to an activating group) is 1. The zero-order valence-corrected chi connectivity index (χ0v) is 10.7. The van der Waals surface area contributed by atoms with Gasteiger partial charge in [0.05, 0.1) is 19.6 Å². The Hall–Kier alpha value is -1.54. The first-order valence-electron chi connectivity index (χ1n) is 5.71. The molecule has 0 unspecified atom stereocenters. The third-order valence-electron chi connectivity index (χ3n) is 2.02. The number of carbonyl (C=O) groups excluding carboxylic acids is 2. The average molecular weight is 239 g/mol. The number of nitrogens with one attached hydrogen (secondary N) is 2. The van der Waals surface area contributed by atoms with Crippen LogP contribution in [-0.2, 0) is 9.59 Å². The average Bonchev–Trinajstić information content (AvgIpc) is 2.24. The number of terminal acetylenes is 1. The van der Waals surface area contributed by atoms with Crippen LogP contribution in [0.3, 0.4) is 0 Å². The molecule has 17 heavy (non-hydrogen) atoms. The molecule has 0 radical (unpaired) electrons. The fourth-order valence-corrected chi connectivity index (χ4v) is 1.26. The summed E-state index contributed by atoms with van der Waals surface area (Å²) in [4.78, 5) is 24.6. The minimum Gasteiger partial charge on any atom is -0.353 e. The van der Waals surface area contributed by atoms with Gasteiger partial charge in [0.1, 0.15) is 0 Å². The normalized spacial score (nSPS) is 10.1. The van der Waals surface area contributed by atoms with Crippen LogP contribution in [0.4, 0.5) is 0 Å². The van der Waals surface area contributed by atoms with Gasteiger partial charge in [0, 0.05) is 6.04 Å². The van der Waals surface area contributed by atoms with Crippen molar-refractivity contribution in [2.75, 3.05) is 26.2 Å². The fourth-order valence-electron chi connectivity index (χ4n) is 1.26. The molecule has 0 heterocycles. The molecule has 2 N–H and O–H groups in total. The highest BCUT2D eigenvalue weighted by molar-refractivity contribution is 5.81. The highest BCUT2D eigenvalue weighted by atomic mass is 16.2. The van der Waals surface area contributed by atoms with Gasteiger partial charge in [0.2, 0.25) is 11.8 Å². The van der Waals surface area contributed by atoms with Crippen LogP contribution >= 0.6 is 0 Å². The number of amides is 2. The largest absolute Gasteiger partial charge is 0.353 e. The monoisotopic (exact) mass is 239 g/mol. The van der Waals surface area contributed by atoms with E-state index in [1.807, 2.05) is 20.8 Å². The molecular weight excluding hydrogens is 218 g/mol. The van der Waals surface area contributed by atoms with Crippen LogP contribution in [0.2, 0.25) is 0 Å². The number of carbonyl (C=O) groups is 2. The second-order valence-corrected chi connectivity index (χ2v) is 4.01. The molecule has 0 aliphatic rings. The quantitative estimate of drug-likeness (QED) is 0.593. The summed E-state index contributed by atoms with van der Waals surface area (Å²) in [5.41, 5.74) is 0. The molecule has 0 saturated carbocycles. The first-order chi connectivity index (χ1) is 7.99. The molecule has 0 fully saturated rings. The summed E-state index contributed by atoms with van der Waals surface area (Å²) >= 11 is 0. The smallest absolute Gasteiger partial charge is 0.234 e. The van der Waals surface area contributed by atoms with Crippen molar-refractivity contribution in [3.05, 3.63) is 0 Å². The highest BCUT2D eigenvalue weighted by Crippen LogP contribution is 1.88. The molecule has 0 aliphatic heterocycles. The van der Waals surface area contributed by atoms with Crippen LogP contribution in [0.1, 0.15) is 20.8 Å². The van der Waals surface area contributed by atoms with Gasteiger partial charge in [-0.05, 0) is 20.4 Å². The Kier molecular flexibility index (Phi) is 7.82. The maximum Gasteiger partial charge on any atom is 0.234 e. The summed E-state index contributed by atoms with van der Waals surface area (Å²) < 4.78 is 0. The van der Waals surface area contributed by atoms with Crippen molar-refractivity contribution in [3.63, 3.8) is 0 Å². The van der Waals surface area contributed by atoms with Crippen molar-refractivity contribution in [1.82, 2.24) is 15.5 Å². The van der Waals surface area contributed by atoms with Gasteiger partial charge in [-0.3, -0.25) is 14.5 Å². The topological polar surface area (TPSA) is 61.4 Å². The molecule has 0 spiro atoms. The van der Waals surface area contributed by atoms with E-state index in [1.54, 1.807) is 4.90 Å². The van der Waals surface area contributed by atoms with Crippen LogP contribution in [0.5, 0.6) is 0 Å². The van der Waals surface area contributed by atoms with E-state index in [1.165, 1.54) is 0 Å². The molecule has 0 aromatic rings. The molecule has 0 bridgehead atoms. The molecule has 96 valence electrons. The van der Waals surface area contributed by atoms with Gasteiger partial charge >= 0.3 is 0 Å².